The zero-order valence-electron chi connectivity index (χ0n) is 32.1. The molecule has 0 N–H and O–H groups in total. The molecule has 0 bridgehead atoms. The van der Waals surface area contributed by atoms with E-state index >= 15 is 0 Å². The third kappa shape index (κ3) is 7.69. The van der Waals surface area contributed by atoms with Gasteiger partial charge in [-0.3, -0.25) is 4.98 Å². The molecule has 0 saturated carbocycles. The van der Waals surface area contributed by atoms with E-state index in [-0.39, 0.29) is 20.1 Å². The maximum atomic E-state index is 6.29. The van der Waals surface area contributed by atoms with E-state index in [0.717, 1.165) is 67.7 Å². The Kier molecular flexibility index (Phi) is 11.3. The first-order chi connectivity index (χ1) is 24.9. The minimum Gasteiger partial charge on any atom is -0.486 e. The van der Waals surface area contributed by atoms with Gasteiger partial charge in [0.25, 0.3) is 0 Å². The quantitative estimate of drug-likeness (QED) is 0.123. The Morgan fingerprint density at radius 3 is 2.26 bits per heavy atom. The second-order valence-corrected chi connectivity index (χ2v) is 25.9. The molecule has 0 aliphatic carbocycles. The van der Waals surface area contributed by atoms with E-state index in [4.69, 9.17) is 14.4 Å². The third-order valence-corrected chi connectivity index (χ3v) is 13.9. The van der Waals surface area contributed by atoms with Gasteiger partial charge in [-0.2, -0.15) is 0 Å². The van der Waals surface area contributed by atoms with Gasteiger partial charge in [0.2, 0.25) is 5.71 Å². The number of fused-ring (bicyclic) bond motifs is 4. The number of rotatable bonds is 6. The second kappa shape index (κ2) is 15.5. The van der Waals surface area contributed by atoms with Crippen molar-refractivity contribution in [3.05, 3.63) is 137 Å². The SMILES string of the molecule is CC(C)Cc1cc(-c2[c-]cccc2)nc[c]1[Ge]([CH3])([CH3])[CH3].Cc1cc(C)c(-n2c(-c3[c-]cc(C)c4c3oc3ncccc34)nc3ccccc32)c(C)c1.[Ir]. The predicted octanol–water partition coefficient (Wildman–Crippen LogP) is 11.3. The van der Waals surface area contributed by atoms with Crippen molar-refractivity contribution in [3.63, 3.8) is 0 Å². The fourth-order valence-electron chi connectivity index (χ4n) is 7.41. The standard InChI is InChI=1S/C28H22N3O.C18H24GeN.Ir/c1-16-14-18(3)25(19(4)15-16)31-23-10-6-5-9-22(23)30-27(31)21-12-11-17(2)24-20-8-7-13-29-28(20)32-26(21)24;1-14(2)11-16-12-18(15-9-7-6-8-10-15)20-13-17(16)19(3,4)5;/h5-11,13-15H,1-4H3;6-9,12-14H,11H2,1-5H3;/q2*-1;. The molecular weight excluding hydrogens is 889 g/mol. The molecule has 0 unspecified atom stereocenters. The molecule has 0 saturated heterocycles. The van der Waals surface area contributed by atoms with E-state index in [1.54, 1.807) is 10.6 Å². The Morgan fingerprint density at radius 2 is 1.57 bits per heavy atom. The van der Waals surface area contributed by atoms with Crippen LogP contribution in [-0.4, -0.2) is 32.8 Å². The molecule has 0 atom stereocenters. The molecule has 0 aliphatic heterocycles. The van der Waals surface area contributed by atoms with Crippen LogP contribution < -0.4 is 4.40 Å². The summed E-state index contributed by atoms with van der Waals surface area (Å²) in [6.07, 6.45) is 5.03. The summed E-state index contributed by atoms with van der Waals surface area (Å²) in [5, 5.41) is 2.08. The molecule has 5 nitrogen and oxygen atoms in total. The van der Waals surface area contributed by atoms with E-state index < -0.39 is 13.3 Å². The number of benzene rings is 4. The largest absolute Gasteiger partial charge is 0.486 e. The number of hydrogen-bond donors (Lipinski definition) is 0. The van der Waals surface area contributed by atoms with Crippen LogP contribution in [0, 0.1) is 45.7 Å². The molecule has 53 heavy (non-hydrogen) atoms. The van der Waals surface area contributed by atoms with Gasteiger partial charge in [0.05, 0.1) is 22.4 Å². The molecule has 7 heteroatoms. The van der Waals surface area contributed by atoms with Crippen molar-refractivity contribution in [2.24, 2.45) is 5.92 Å². The molecule has 4 aromatic heterocycles. The van der Waals surface area contributed by atoms with Crippen molar-refractivity contribution in [2.45, 2.75) is 65.2 Å². The van der Waals surface area contributed by atoms with Gasteiger partial charge >= 0.3 is 126 Å². The summed E-state index contributed by atoms with van der Waals surface area (Å²) in [6.45, 7) is 13.1. The van der Waals surface area contributed by atoms with Crippen LogP contribution in [0.2, 0.25) is 17.3 Å². The number of hydrogen-bond acceptors (Lipinski definition) is 4. The second-order valence-electron chi connectivity index (χ2n) is 15.4. The van der Waals surface area contributed by atoms with Crippen molar-refractivity contribution in [1.29, 1.82) is 0 Å². The van der Waals surface area contributed by atoms with Crippen molar-refractivity contribution >= 4 is 50.8 Å². The molecular formula is C46H46GeIrN4O-2. The summed E-state index contributed by atoms with van der Waals surface area (Å²) in [7, 11) is 0. The number of furan rings is 1. The summed E-state index contributed by atoms with van der Waals surface area (Å²) in [5.41, 5.74) is 13.8. The van der Waals surface area contributed by atoms with Gasteiger partial charge in [0, 0.05) is 37.4 Å². The van der Waals surface area contributed by atoms with Crippen LogP contribution in [0.1, 0.15) is 41.7 Å². The topological polar surface area (TPSA) is 56.7 Å². The van der Waals surface area contributed by atoms with Gasteiger partial charge in [0.15, 0.2) is 0 Å². The Morgan fingerprint density at radius 1 is 0.830 bits per heavy atom. The van der Waals surface area contributed by atoms with Crippen LogP contribution >= 0.6 is 0 Å². The molecule has 8 aromatic rings. The van der Waals surface area contributed by atoms with Crippen molar-refractivity contribution < 1.29 is 24.5 Å². The first kappa shape index (κ1) is 38.4. The van der Waals surface area contributed by atoms with Gasteiger partial charge in [-0.05, 0) is 56.2 Å². The minimum absolute atomic E-state index is 0. The summed E-state index contributed by atoms with van der Waals surface area (Å²) in [5.74, 6) is 8.82. The maximum absolute atomic E-state index is 6.29. The molecule has 4 heterocycles. The Balaban J connectivity index is 0.000000199. The van der Waals surface area contributed by atoms with Gasteiger partial charge in [-0.1, -0.05) is 47.7 Å². The minimum atomic E-state index is -1.86. The van der Waals surface area contributed by atoms with Crippen molar-refractivity contribution in [3.8, 4) is 28.3 Å². The van der Waals surface area contributed by atoms with Crippen LogP contribution in [0.25, 0.3) is 61.4 Å². The molecule has 4 aromatic carbocycles. The van der Waals surface area contributed by atoms with Crippen molar-refractivity contribution in [1.82, 2.24) is 19.5 Å². The zero-order chi connectivity index (χ0) is 36.7. The maximum Gasteiger partial charge on any atom is 0.216 e. The average molecular weight is 936 g/mol. The van der Waals surface area contributed by atoms with Gasteiger partial charge in [-0.15, -0.1) is 17.7 Å². The zero-order valence-corrected chi connectivity index (χ0v) is 36.5. The molecule has 0 amide bonds. The Labute approximate surface area is 329 Å². The summed E-state index contributed by atoms with van der Waals surface area (Å²) < 4.78 is 10.1. The van der Waals surface area contributed by atoms with E-state index in [0.29, 0.717) is 11.6 Å². The number of nitrogens with zero attached hydrogens (tertiary/aromatic N) is 4. The monoisotopic (exact) mass is 937 g/mol. The summed E-state index contributed by atoms with van der Waals surface area (Å²) in [4.78, 5) is 14.2. The Bertz CT molecular complexity index is 2540. The van der Waals surface area contributed by atoms with E-state index in [1.165, 1.54) is 22.3 Å². The van der Waals surface area contributed by atoms with E-state index in [1.807, 2.05) is 36.4 Å². The molecule has 8 rings (SSSR count). The third-order valence-electron chi connectivity index (χ3n) is 9.57. The van der Waals surface area contributed by atoms with Crippen LogP contribution in [0.15, 0.2) is 102 Å². The number of imidazole rings is 1. The molecule has 0 spiro atoms. The molecule has 271 valence electrons. The predicted molar refractivity (Wildman–Crippen MR) is 219 cm³/mol. The number of aromatic nitrogens is 4. The van der Waals surface area contributed by atoms with Crippen LogP contribution in [-0.2, 0) is 26.5 Å². The van der Waals surface area contributed by atoms with Gasteiger partial charge in [-0.25, -0.2) is 4.98 Å². The van der Waals surface area contributed by atoms with Gasteiger partial charge < -0.3 is 8.98 Å². The summed E-state index contributed by atoms with van der Waals surface area (Å²) in [6, 6.07) is 35.9. The average Bonchev–Trinajstić information content (AvgIpc) is 3.68. The fourth-order valence-corrected chi connectivity index (χ4v) is 10.7. The first-order valence-corrected chi connectivity index (χ1v) is 25.5. The van der Waals surface area contributed by atoms with Crippen LogP contribution in [0.4, 0.5) is 0 Å². The smallest absolute Gasteiger partial charge is 0.216 e. The molecule has 0 fully saturated rings. The Hall–Kier alpha value is -4.36. The first-order valence-electron chi connectivity index (χ1n) is 18.1. The van der Waals surface area contributed by atoms with Crippen LogP contribution in [0.5, 0.6) is 0 Å². The summed E-state index contributed by atoms with van der Waals surface area (Å²) >= 11 is -1.86. The van der Waals surface area contributed by atoms with E-state index in [2.05, 4.69) is 135 Å². The molecule has 1 radical (unpaired) electrons. The number of aryl methyl sites for hydroxylation is 4. The van der Waals surface area contributed by atoms with Crippen LogP contribution in [0.3, 0.4) is 0 Å². The number of pyridine rings is 2. The van der Waals surface area contributed by atoms with Gasteiger partial charge in [0.1, 0.15) is 0 Å². The van der Waals surface area contributed by atoms with E-state index in [9.17, 15) is 0 Å². The normalized spacial score (nSPS) is 11.6. The molecule has 0 aliphatic rings. The fraction of sp³-hybridized carbons (Fsp3) is 0.239. The van der Waals surface area contributed by atoms with Crippen molar-refractivity contribution in [2.75, 3.05) is 0 Å². The number of para-hydroxylation sites is 2.